The summed E-state index contributed by atoms with van der Waals surface area (Å²) in [5.74, 6) is 1.01. The smallest absolute Gasteiger partial charge is 0.251 e. The van der Waals surface area contributed by atoms with Gasteiger partial charge in [-0.15, -0.1) is 0 Å². The van der Waals surface area contributed by atoms with Gasteiger partial charge < -0.3 is 11.1 Å². The number of nitrogens with two attached hydrogens (primary N) is 1. The predicted molar refractivity (Wildman–Crippen MR) is 83.6 cm³/mol. The monoisotopic (exact) mass is 277 g/mol. The molecular weight excluding hydrogens is 250 g/mol. The first kappa shape index (κ1) is 16.5. The molecule has 4 heteroatoms. The Balaban J connectivity index is 2.67. The first-order valence-electron chi connectivity index (χ1n) is 7.49. The lowest BCUT2D eigenvalue weighted by atomic mass is 10.0. The maximum absolute atomic E-state index is 12.2. The van der Waals surface area contributed by atoms with Gasteiger partial charge in [-0.1, -0.05) is 27.2 Å². The van der Waals surface area contributed by atoms with Gasteiger partial charge in [0, 0.05) is 17.3 Å². The second-order valence-corrected chi connectivity index (χ2v) is 5.87. The van der Waals surface area contributed by atoms with E-state index in [0.717, 1.165) is 31.4 Å². The third-order valence-electron chi connectivity index (χ3n) is 3.22. The molecule has 0 saturated carbocycles. The number of hydrogen-bond donors (Lipinski definition) is 2. The number of nitrogens with one attached hydrogen (secondary N) is 1. The van der Waals surface area contributed by atoms with Gasteiger partial charge >= 0.3 is 0 Å². The molecule has 1 amide bonds. The summed E-state index contributed by atoms with van der Waals surface area (Å²) in [7, 11) is 0. The minimum Gasteiger partial charge on any atom is -0.384 e. The van der Waals surface area contributed by atoms with Gasteiger partial charge in [0.25, 0.3) is 5.91 Å². The Hall–Kier alpha value is -1.58. The zero-order chi connectivity index (χ0) is 15.1. The number of nitrogen functional groups attached to an aromatic ring is 1. The van der Waals surface area contributed by atoms with Crippen molar-refractivity contribution >= 4 is 11.7 Å². The van der Waals surface area contributed by atoms with Crippen LogP contribution in [0.5, 0.6) is 0 Å². The second-order valence-electron chi connectivity index (χ2n) is 5.87. The molecule has 1 atom stereocenters. The van der Waals surface area contributed by atoms with Crippen LogP contribution in [0.4, 0.5) is 5.82 Å². The molecule has 1 heterocycles. The molecule has 4 nitrogen and oxygen atoms in total. The topological polar surface area (TPSA) is 68.0 Å². The normalized spacial score (nSPS) is 12.4. The van der Waals surface area contributed by atoms with E-state index in [1.165, 1.54) is 0 Å². The fourth-order valence-corrected chi connectivity index (χ4v) is 2.09. The molecular formula is C16H27N3O. The van der Waals surface area contributed by atoms with Gasteiger partial charge in [-0.25, -0.2) is 4.98 Å². The highest BCUT2D eigenvalue weighted by molar-refractivity contribution is 5.95. The zero-order valence-corrected chi connectivity index (χ0v) is 13.1. The molecule has 1 aromatic rings. The van der Waals surface area contributed by atoms with Crippen LogP contribution in [-0.2, 0) is 6.42 Å². The number of pyridine rings is 1. The van der Waals surface area contributed by atoms with Crippen molar-refractivity contribution in [3.63, 3.8) is 0 Å². The molecule has 20 heavy (non-hydrogen) atoms. The van der Waals surface area contributed by atoms with Gasteiger partial charge in [-0.3, -0.25) is 4.79 Å². The number of anilines is 1. The predicted octanol–water partition coefficient (Wildman–Crippen LogP) is 3.17. The van der Waals surface area contributed by atoms with Gasteiger partial charge in [0.1, 0.15) is 5.82 Å². The van der Waals surface area contributed by atoms with E-state index in [1.807, 2.05) is 13.0 Å². The number of rotatable bonds is 7. The third kappa shape index (κ3) is 5.59. The summed E-state index contributed by atoms with van der Waals surface area (Å²) in [5.41, 5.74) is 7.26. The van der Waals surface area contributed by atoms with Crippen molar-refractivity contribution in [3.8, 4) is 0 Å². The fourth-order valence-electron chi connectivity index (χ4n) is 2.09. The summed E-state index contributed by atoms with van der Waals surface area (Å²) < 4.78 is 0. The molecule has 0 aromatic carbocycles. The Bertz CT molecular complexity index is 443. The van der Waals surface area contributed by atoms with E-state index in [-0.39, 0.29) is 11.9 Å². The molecule has 3 N–H and O–H groups in total. The minimum atomic E-state index is -0.0623. The zero-order valence-electron chi connectivity index (χ0n) is 13.1. The van der Waals surface area contributed by atoms with E-state index in [0.29, 0.717) is 17.3 Å². The molecule has 1 unspecified atom stereocenters. The van der Waals surface area contributed by atoms with E-state index < -0.39 is 0 Å². The van der Waals surface area contributed by atoms with Crippen molar-refractivity contribution < 1.29 is 4.79 Å². The molecule has 0 saturated heterocycles. The van der Waals surface area contributed by atoms with Crippen molar-refractivity contribution in [2.75, 3.05) is 5.73 Å². The highest BCUT2D eigenvalue weighted by Crippen LogP contribution is 2.11. The molecule has 0 aliphatic heterocycles. The number of aromatic nitrogens is 1. The standard InChI is InChI=1S/C16H27N3O/c1-5-6-14-9-13(10-15(17)19-14)16(20)18-12(4)8-7-11(2)3/h9-12H,5-8H2,1-4H3,(H2,17,19)(H,18,20). The third-order valence-corrected chi connectivity index (χ3v) is 3.22. The molecule has 0 aliphatic rings. The van der Waals surface area contributed by atoms with Crippen molar-refractivity contribution in [3.05, 3.63) is 23.4 Å². The fraction of sp³-hybridized carbons (Fsp3) is 0.625. The van der Waals surface area contributed by atoms with Crippen molar-refractivity contribution in [1.29, 1.82) is 0 Å². The molecule has 0 fully saturated rings. The van der Waals surface area contributed by atoms with Gasteiger partial charge in [0.05, 0.1) is 0 Å². The van der Waals surface area contributed by atoms with Gasteiger partial charge in [0.15, 0.2) is 0 Å². The van der Waals surface area contributed by atoms with Crippen LogP contribution < -0.4 is 11.1 Å². The summed E-state index contributed by atoms with van der Waals surface area (Å²) in [6.07, 6.45) is 3.93. The van der Waals surface area contributed by atoms with Crippen LogP contribution in [0.25, 0.3) is 0 Å². The lowest BCUT2D eigenvalue weighted by Gasteiger charge is -2.15. The number of carbonyl (C=O) groups excluding carboxylic acids is 1. The Kier molecular flexibility index (Phi) is 6.49. The summed E-state index contributed by atoms with van der Waals surface area (Å²) >= 11 is 0. The summed E-state index contributed by atoms with van der Waals surface area (Å²) in [4.78, 5) is 16.5. The van der Waals surface area contributed by atoms with Gasteiger partial charge in [-0.05, 0) is 44.2 Å². The van der Waals surface area contributed by atoms with Gasteiger partial charge in [0.2, 0.25) is 0 Å². The van der Waals surface area contributed by atoms with E-state index in [1.54, 1.807) is 6.07 Å². The quantitative estimate of drug-likeness (QED) is 0.804. The minimum absolute atomic E-state index is 0.0623. The van der Waals surface area contributed by atoms with Crippen LogP contribution in [0.2, 0.25) is 0 Å². The number of hydrogen-bond acceptors (Lipinski definition) is 3. The highest BCUT2D eigenvalue weighted by Gasteiger charge is 2.12. The SMILES string of the molecule is CCCc1cc(C(=O)NC(C)CCC(C)C)cc(N)n1. The second kappa shape index (κ2) is 7.88. The average molecular weight is 277 g/mol. The Morgan fingerprint density at radius 2 is 2.00 bits per heavy atom. The van der Waals surface area contributed by atoms with Crippen LogP contribution in [0, 0.1) is 5.92 Å². The number of amides is 1. The molecule has 0 spiro atoms. The molecule has 1 rings (SSSR count). The van der Waals surface area contributed by atoms with Crippen molar-refractivity contribution in [2.24, 2.45) is 5.92 Å². The summed E-state index contributed by atoms with van der Waals surface area (Å²) in [5, 5.41) is 3.03. The number of nitrogens with zero attached hydrogens (tertiary/aromatic N) is 1. The maximum atomic E-state index is 12.2. The highest BCUT2D eigenvalue weighted by atomic mass is 16.1. The largest absolute Gasteiger partial charge is 0.384 e. The van der Waals surface area contributed by atoms with Crippen LogP contribution in [-0.4, -0.2) is 16.9 Å². The molecule has 112 valence electrons. The van der Waals surface area contributed by atoms with Crippen molar-refractivity contribution in [1.82, 2.24) is 10.3 Å². The Labute approximate surface area is 122 Å². The van der Waals surface area contributed by atoms with Crippen molar-refractivity contribution in [2.45, 2.75) is 59.4 Å². The van der Waals surface area contributed by atoms with E-state index >= 15 is 0 Å². The van der Waals surface area contributed by atoms with E-state index in [2.05, 4.69) is 31.1 Å². The van der Waals surface area contributed by atoms with E-state index in [9.17, 15) is 4.79 Å². The summed E-state index contributed by atoms with van der Waals surface area (Å²) in [6, 6.07) is 3.66. The Morgan fingerprint density at radius 1 is 1.30 bits per heavy atom. The lowest BCUT2D eigenvalue weighted by Crippen LogP contribution is -2.33. The first-order chi connectivity index (χ1) is 9.42. The summed E-state index contributed by atoms with van der Waals surface area (Å²) in [6.45, 7) is 8.50. The molecule has 0 aliphatic carbocycles. The molecule has 1 aromatic heterocycles. The average Bonchev–Trinajstić information content (AvgIpc) is 2.36. The number of carbonyl (C=O) groups is 1. The van der Waals surface area contributed by atoms with Crippen LogP contribution in [0.1, 0.15) is 63.0 Å². The molecule has 0 radical (unpaired) electrons. The molecule has 0 bridgehead atoms. The van der Waals surface area contributed by atoms with Crippen LogP contribution in [0.15, 0.2) is 12.1 Å². The lowest BCUT2D eigenvalue weighted by molar-refractivity contribution is 0.0937. The van der Waals surface area contributed by atoms with Crippen LogP contribution >= 0.6 is 0 Å². The Morgan fingerprint density at radius 3 is 2.60 bits per heavy atom. The first-order valence-corrected chi connectivity index (χ1v) is 7.49. The maximum Gasteiger partial charge on any atom is 0.251 e. The van der Waals surface area contributed by atoms with E-state index in [4.69, 9.17) is 5.73 Å². The van der Waals surface area contributed by atoms with Crippen LogP contribution in [0.3, 0.4) is 0 Å². The van der Waals surface area contributed by atoms with Gasteiger partial charge in [-0.2, -0.15) is 0 Å². The number of aryl methyl sites for hydroxylation is 1.